The molecule has 1 saturated heterocycles. The molecular weight excluding hydrogens is 236 g/mol. The van der Waals surface area contributed by atoms with Gasteiger partial charge in [-0.25, -0.2) is 0 Å². The first-order valence-corrected chi connectivity index (χ1v) is 6.34. The lowest BCUT2D eigenvalue weighted by atomic mass is 9.92. The number of hydrogen-bond donors (Lipinski definition) is 2. The zero-order valence-electron chi connectivity index (χ0n) is 11.0. The van der Waals surface area contributed by atoms with E-state index in [4.69, 9.17) is 15.6 Å². The third-order valence-corrected chi connectivity index (χ3v) is 3.52. The molecule has 1 atom stereocenters. The van der Waals surface area contributed by atoms with E-state index in [0.29, 0.717) is 32.5 Å². The summed E-state index contributed by atoms with van der Waals surface area (Å²) in [4.78, 5) is 24.6. The van der Waals surface area contributed by atoms with Gasteiger partial charge in [0, 0.05) is 13.1 Å². The van der Waals surface area contributed by atoms with Crippen LogP contribution in [0.25, 0.3) is 0 Å². The molecule has 1 rings (SSSR count). The molecule has 1 amide bonds. The van der Waals surface area contributed by atoms with Gasteiger partial charge in [-0.05, 0) is 12.8 Å². The molecule has 3 N–H and O–H groups in total. The molecule has 1 heterocycles. The van der Waals surface area contributed by atoms with Crippen LogP contribution < -0.4 is 5.73 Å². The van der Waals surface area contributed by atoms with E-state index in [-0.39, 0.29) is 12.3 Å². The molecule has 104 valence electrons. The molecule has 0 aromatic carbocycles. The van der Waals surface area contributed by atoms with Crippen LogP contribution in [0.5, 0.6) is 0 Å². The van der Waals surface area contributed by atoms with E-state index < -0.39 is 17.6 Å². The quantitative estimate of drug-likeness (QED) is 0.735. The molecule has 0 bridgehead atoms. The summed E-state index contributed by atoms with van der Waals surface area (Å²) in [6, 6.07) is 0. The number of ether oxygens (including phenoxy) is 1. The summed E-state index contributed by atoms with van der Waals surface area (Å²) >= 11 is 0. The van der Waals surface area contributed by atoms with Crippen molar-refractivity contribution in [3.05, 3.63) is 0 Å². The van der Waals surface area contributed by atoms with Gasteiger partial charge in [0.2, 0.25) is 5.91 Å². The molecule has 1 aliphatic heterocycles. The lowest BCUT2D eigenvalue weighted by molar-refractivity contribution is -0.150. The minimum absolute atomic E-state index is 0.0837. The Morgan fingerprint density at radius 1 is 1.44 bits per heavy atom. The molecule has 1 fully saturated rings. The summed E-state index contributed by atoms with van der Waals surface area (Å²) in [7, 11) is 0. The van der Waals surface area contributed by atoms with Gasteiger partial charge in [0.15, 0.2) is 0 Å². The Kier molecular flexibility index (Phi) is 5.10. The van der Waals surface area contributed by atoms with Crippen LogP contribution in [0.2, 0.25) is 0 Å². The molecule has 0 radical (unpaired) electrons. The number of morpholine rings is 1. The van der Waals surface area contributed by atoms with E-state index in [0.717, 1.165) is 0 Å². The molecule has 0 aromatic rings. The average Bonchev–Trinajstić information content (AvgIpc) is 2.36. The number of amides is 1. The summed E-state index contributed by atoms with van der Waals surface area (Å²) in [5.74, 6) is -1.02. The largest absolute Gasteiger partial charge is 0.481 e. The van der Waals surface area contributed by atoms with Crippen LogP contribution >= 0.6 is 0 Å². The lowest BCUT2D eigenvalue weighted by Crippen LogP contribution is -2.58. The predicted octanol–water partition coefficient (Wildman–Crippen LogP) is 0.206. The summed E-state index contributed by atoms with van der Waals surface area (Å²) in [6.45, 7) is 4.93. The van der Waals surface area contributed by atoms with Crippen molar-refractivity contribution in [1.29, 1.82) is 0 Å². The Bertz CT molecular complexity index is 315. The van der Waals surface area contributed by atoms with Crippen molar-refractivity contribution in [1.82, 2.24) is 4.90 Å². The van der Waals surface area contributed by atoms with Gasteiger partial charge in [-0.1, -0.05) is 13.8 Å². The fraction of sp³-hybridized carbons (Fsp3) is 0.833. The van der Waals surface area contributed by atoms with Crippen LogP contribution in [0.3, 0.4) is 0 Å². The second kappa shape index (κ2) is 6.15. The van der Waals surface area contributed by atoms with E-state index in [1.54, 1.807) is 4.90 Å². The topological polar surface area (TPSA) is 92.9 Å². The summed E-state index contributed by atoms with van der Waals surface area (Å²) in [6.07, 6.45) is 0.629. The van der Waals surface area contributed by atoms with Gasteiger partial charge >= 0.3 is 5.97 Å². The highest BCUT2D eigenvalue weighted by Gasteiger charge is 2.36. The number of hydrogen-bond acceptors (Lipinski definition) is 4. The average molecular weight is 258 g/mol. The Balaban J connectivity index is 2.66. The smallest absolute Gasteiger partial charge is 0.306 e. The van der Waals surface area contributed by atoms with Crippen molar-refractivity contribution in [3.63, 3.8) is 0 Å². The van der Waals surface area contributed by atoms with Crippen molar-refractivity contribution in [2.24, 2.45) is 5.73 Å². The van der Waals surface area contributed by atoms with Gasteiger partial charge in [-0.3, -0.25) is 9.59 Å². The maximum Gasteiger partial charge on any atom is 0.306 e. The van der Waals surface area contributed by atoms with Crippen LogP contribution in [0.15, 0.2) is 0 Å². The molecule has 18 heavy (non-hydrogen) atoms. The number of aliphatic carboxylic acids is 1. The minimum atomic E-state index is -0.917. The number of carbonyl (C=O) groups excluding carboxylic acids is 1. The Labute approximate surface area is 107 Å². The van der Waals surface area contributed by atoms with Gasteiger partial charge in [0.1, 0.15) is 0 Å². The monoisotopic (exact) mass is 258 g/mol. The molecule has 0 spiro atoms. The Morgan fingerprint density at radius 2 is 2.06 bits per heavy atom. The van der Waals surface area contributed by atoms with Crippen molar-refractivity contribution in [2.45, 2.75) is 44.8 Å². The maximum absolute atomic E-state index is 12.3. The standard InChI is InChI=1S/C12H22N2O4/c1-3-12(13,4-2)11(17)14-5-6-18-9(8-14)7-10(15)16/h9H,3-8,13H2,1-2H3,(H,15,16). The first kappa shape index (κ1) is 14.9. The van der Waals surface area contributed by atoms with Gasteiger partial charge in [-0.2, -0.15) is 0 Å². The third kappa shape index (κ3) is 3.43. The van der Waals surface area contributed by atoms with Crippen molar-refractivity contribution in [3.8, 4) is 0 Å². The number of carbonyl (C=O) groups is 2. The molecular formula is C12H22N2O4. The summed E-state index contributed by atoms with van der Waals surface area (Å²) < 4.78 is 5.33. The zero-order chi connectivity index (χ0) is 13.8. The third-order valence-electron chi connectivity index (χ3n) is 3.52. The fourth-order valence-electron chi connectivity index (χ4n) is 2.09. The van der Waals surface area contributed by atoms with Crippen LogP contribution in [0, 0.1) is 0 Å². The molecule has 6 heteroatoms. The van der Waals surface area contributed by atoms with Gasteiger partial charge in [0.05, 0.1) is 24.7 Å². The first-order chi connectivity index (χ1) is 8.42. The molecule has 1 unspecified atom stereocenters. The molecule has 1 aliphatic rings. The van der Waals surface area contributed by atoms with E-state index in [9.17, 15) is 9.59 Å². The lowest BCUT2D eigenvalue weighted by Gasteiger charge is -2.38. The Morgan fingerprint density at radius 3 is 2.56 bits per heavy atom. The van der Waals surface area contributed by atoms with Gasteiger partial charge in [0.25, 0.3) is 0 Å². The molecule has 0 aromatic heterocycles. The van der Waals surface area contributed by atoms with E-state index >= 15 is 0 Å². The number of rotatable bonds is 5. The van der Waals surface area contributed by atoms with Gasteiger partial charge in [-0.15, -0.1) is 0 Å². The number of nitrogens with two attached hydrogens (primary N) is 1. The second-order valence-electron chi connectivity index (χ2n) is 4.71. The van der Waals surface area contributed by atoms with Crippen LogP contribution in [-0.2, 0) is 14.3 Å². The number of nitrogens with zero attached hydrogens (tertiary/aromatic N) is 1. The number of carboxylic acid groups (broad SMARTS) is 1. The van der Waals surface area contributed by atoms with E-state index in [1.807, 2.05) is 13.8 Å². The fourth-order valence-corrected chi connectivity index (χ4v) is 2.09. The molecule has 6 nitrogen and oxygen atoms in total. The van der Waals surface area contributed by atoms with Crippen LogP contribution in [-0.4, -0.2) is 53.2 Å². The number of carboxylic acids is 1. The molecule has 0 saturated carbocycles. The zero-order valence-corrected chi connectivity index (χ0v) is 11.0. The normalized spacial score (nSPS) is 20.8. The van der Waals surface area contributed by atoms with Crippen molar-refractivity contribution >= 4 is 11.9 Å². The maximum atomic E-state index is 12.3. The minimum Gasteiger partial charge on any atom is -0.481 e. The van der Waals surface area contributed by atoms with Crippen molar-refractivity contribution in [2.75, 3.05) is 19.7 Å². The summed E-state index contributed by atoms with van der Waals surface area (Å²) in [5, 5.41) is 8.73. The van der Waals surface area contributed by atoms with Crippen molar-refractivity contribution < 1.29 is 19.4 Å². The molecule has 0 aliphatic carbocycles. The highest BCUT2D eigenvalue weighted by molar-refractivity contribution is 5.86. The predicted molar refractivity (Wildman–Crippen MR) is 66.1 cm³/mol. The van der Waals surface area contributed by atoms with Crippen LogP contribution in [0.1, 0.15) is 33.1 Å². The van der Waals surface area contributed by atoms with Gasteiger partial charge < -0.3 is 20.5 Å². The summed E-state index contributed by atoms with van der Waals surface area (Å²) in [5.41, 5.74) is 5.23. The Hall–Kier alpha value is -1.14. The first-order valence-electron chi connectivity index (χ1n) is 6.34. The van der Waals surface area contributed by atoms with E-state index in [1.165, 1.54) is 0 Å². The second-order valence-corrected chi connectivity index (χ2v) is 4.71. The highest BCUT2D eigenvalue weighted by atomic mass is 16.5. The van der Waals surface area contributed by atoms with Crippen LogP contribution in [0.4, 0.5) is 0 Å². The highest BCUT2D eigenvalue weighted by Crippen LogP contribution is 2.18. The van der Waals surface area contributed by atoms with E-state index in [2.05, 4.69) is 0 Å². The SMILES string of the molecule is CCC(N)(CC)C(=O)N1CCOC(CC(=O)O)C1.